The molecule has 0 aromatic carbocycles. The number of hydrogen-bond acceptors (Lipinski definition) is 3. The summed E-state index contributed by atoms with van der Waals surface area (Å²) in [5, 5.41) is 3.19. The van der Waals surface area contributed by atoms with Gasteiger partial charge in [0.1, 0.15) is 5.82 Å². The standard InChI is InChI=1S/C13H21N3O/c1-10(2)12-5-6-13(15-9-12)14-7-8-16(4)11(3)17/h5-6,9-10H,7-8H2,1-4H3,(H,14,15). The van der Waals surface area contributed by atoms with Crippen LogP contribution in [0.5, 0.6) is 0 Å². The summed E-state index contributed by atoms with van der Waals surface area (Å²) in [4.78, 5) is 17.0. The number of aromatic nitrogens is 1. The van der Waals surface area contributed by atoms with Crippen molar-refractivity contribution in [3.05, 3.63) is 23.9 Å². The third-order valence-corrected chi connectivity index (χ3v) is 2.74. The number of nitrogens with zero attached hydrogens (tertiary/aromatic N) is 2. The molecule has 0 spiro atoms. The number of hydrogen-bond donors (Lipinski definition) is 1. The van der Waals surface area contributed by atoms with Gasteiger partial charge in [-0.1, -0.05) is 19.9 Å². The summed E-state index contributed by atoms with van der Waals surface area (Å²) >= 11 is 0. The molecule has 0 radical (unpaired) electrons. The maximum atomic E-state index is 11.0. The Morgan fingerprint density at radius 3 is 2.65 bits per heavy atom. The second-order valence-corrected chi connectivity index (χ2v) is 4.50. The van der Waals surface area contributed by atoms with Gasteiger partial charge in [-0.15, -0.1) is 0 Å². The summed E-state index contributed by atoms with van der Waals surface area (Å²) in [7, 11) is 1.79. The first-order valence-electron chi connectivity index (χ1n) is 5.92. The first-order valence-corrected chi connectivity index (χ1v) is 5.92. The molecule has 0 unspecified atom stereocenters. The summed E-state index contributed by atoms with van der Waals surface area (Å²) in [6.07, 6.45) is 1.89. The van der Waals surface area contributed by atoms with E-state index in [1.807, 2.05) is 12.3 Å². The zero-order valence-electron chi connectivity index (χ0n) is 11.0. The average molecular weight is 235 g/mol. The van der Waals surface area contributed by atoms with Crippen molar-refractivity contribution in [3.8, 4) is 0 Å². The minimum atomic E-state index is 0.0786. The number of carbonyl (C=O) groups excluding carboxylic acids is 1. The molecule has 0 saturated carbocycles. The fourth-order valence-corrected chi connectivity index (χ4v) is 1.36. The predicted molar refractivity (Wildman–Crippen MR) is 70.1 cm³/mol. The third kappa shape index (κ3) is 4.43. The largest absolute Gasteiger partial charge is 0.368 e. The smallest absolute Gasteiger partial charge is 0.219 e. The van der Waals surface area contributed by atoms with E-state index in [1.54, 1.807) is 18.9 Å². The molecule has 1 aromatic rings. The van der Waals surface area contributed by atoms with E-state index < -0.39 is 0 Å². The van der Waals surface area contributed by atoms with Gasteiger partial charge in [0.25, 0.3) is 0 Å². The number of nitrogens with one attached hydrogen (secondary N) is 1. The van der Waals surface area contributed by atoms with Crippen LogP contribution in [0.3, 0.4) is 0 Å². The third-order valence-electron chi connectivity index (χ3n) is 2.74. The topological polar surface area (TPSA) is 45.2 Å². The van der Waals surface area contributed by atoms with E-state index in [0.29, 0.717) is 19.0 Å². The molecule has 1 N–H and O–H groups in total. The van der Waals surface area contributed by atoms with E-state index in [4.69, 9.17) is 0 Å². The second kappa shape index (κ2) is 6.23. The first kappa shape index (κ1) is 13.5. The summed E-state index contributed by atoms with van der Waals surface area (Å²) in [5.41, 5.74) is 1.23. The number of amides is 1. The van der Waals surface area contributed by atoms with Crippen LogP contribution in [0.25, 0.3) is 0 Å². The molecule has 0 fully saturated rings. The van der Waals surface area contributed by atoms with Gasteiger partial charge in [-0.25, -0.2) is 4.98 Å². The summed E-state index contributed by atoms with van der Waals surface area (Å²) < 4.78 is 0. The van der Waals surface area contributed by atoms with Crippen LogP contribution >= 0.6 is 0 Å². The molecule has 1 heterocycles. The summed E-state index contributed by atoms with van der Waals surface area (Å²) in [6.45, 7) is 7.25. The predicted octanol–water partition coefficient (Wildman–Crippen LogP) is 2.10. The Hall–Kier alpha value is -1.58. The average Bonchev–Trinajstić information content (AvgIpc) is 2.29. The van der Waals surface area contributed by atoms with E-state index in [9.17, 15) is 4.79 Å². The van der Waals surface area contributed by atoms with Gasteiger partial charge >= 0.3 is 0 Å². The lowest BCUT2D eigenvalue weighted by Crippen LogP contribution is -2.29. The van der Waals surface area contributed by atoms with E-state index >= 15 is 0 Å². The van der Waals surface area contributed by atoms with Crippen molar-refractivity contribution in [2.24, 2.45) is 0 Å². The molecule has 0 aliphatic carbocycles. The molecule has 0 aliphatic heterocycles. The van der Waals surface area contributed by atoms with E-state index in [0.717, 1.165) is 5.82 Å². The van der Waals surface area contributed by atoms with Gasteiger partial charge in [-0.3, -0.25) is 4.79 Å². The van der Waals surface area contributed by atoms with Crippen LogP contribution in [0, 0.1) is 0 Å². The highest BCUT2D eigenvalue weighted by atomic mass is 16.2. The van der Waals surface area contributed by atoms with Crippen molar-refractivity contribution < 1.29 is 4.79 Å². The SMILES string of the molecule is CC(=O)N(C)CCNc1ccc(C(C)C)cn1. The Bertz CT molecular complexity index is 359. The highest BCUT2D eigenvalue weighted by molar-refractivity contribution is 5.72. The first-order chi connectivity index (χ1) is 8.00. The van der Waals surface area contributed by atoms with Crippen LogP contribution in [0.15, 0.2) is 18.3 Å². The Kier molecular flexibility index (Phi) is 4.94. The molecular formula is C13H21N3O. The number of carbonyl (C=O) groups is 1. The van der Waals surface area contributed by atoms with Crippen molar-refractivity contribution >= 4 is 11.7 Å². The van der Waals surface area contributed by atoms with Crippen LogP contribution in [-0.2, 0) is 4.79 Å². The van der Waals surface area contributed by atoms with Crippen molar-refractivity contribution in [2.75, 3.05) is 25.5 Å². The maximum Gasteiger partial charge on any atom is 0.219 e. The second-order valence-electron chi connectivity index (χ2n) is 4.50. The number of likely N-dealkylation sites (N-methyl/N-ethyl adjacent to an activating group) is 1. The summed E-state index contributed by atoms with van der Waals surface area (Å²) in [6, 6.07) is 4.05. The molecule has 17 heavy (non-hydrogen) atoms. The normalized spacial score (nSPS) is 10.4. The lowest BCUT2D eigenvalue weighted by atomic mass is 10.1. The van der Waals surface area contributed by atoms with Gasteiger partial charge in [-0.2, -0.15) is 0 Å². The van der Waals surface area contributed by atoms with Gasteiger partial charge in [0.15, 0.2) is 0 Å². The zero-order chi connectivity index (χ0) is 12.8. The van der Waals surface area contributed by atoms with Crippen molar-refractivity contribution in [2.45, 2.75) is 26.7 Å². The van der Waals surface area contributed by atoms with Gasteiger partial charge in [0.05, 0.1) is 0 Å². The molecule has 1 aromatic heterocycles. The van der Waals surface area contributed by atoms with Gasteiger partial charge in [-0.05, 0) is 17.5 Å². The quantitative estimate of drug-likeness (QED) is 0.850. The van der Waals surface area contributed by atoms with Crippen LogP contribution in [0.4, 0.5) is 5.82 Å². The highest BCUT2D eigenvalue weighted by Crippen LogP contribution is 2.14. The lowest BCUT2D eigenvalue weighted by molar-refractivity contribution is -0.127. The van der Waals surface area contributed by atoms with Crippen LogP contribution in [-0.4, -0.2) is 35.9 Å². The Labute approximate surface area is 103 Å². The fourth-order valence-electron chi connectivity index (χ4n) is 1.36. The molecule has 4 nitrogen and oxygen atoms in total. The Balaban J connectivity index is 2.40. The van der Waals surface area contributed by atoms with Crippen molar-refractivity contribution in [1.82, 2.24) is 9.88 Å². The molecule has 0 bridgehead atoms. The Morgan fingerprint density at radius 1 is 1.47 bits per heavy atom. The molecule has 0 saturated heterocycles. The maximum absolute atomic E-state index is 11.0. The minimum Gasteiger partial charge on any atom is -0.368 e. The monoisotopic (exact) mass is 235 g/mol. The fraction of sp³-hybridized carbons (Fsp3) is 0.538. The zero-order valence-corrected chi connectivity index (χ0v) is 11.0. The van der Waals surface area contributed by atoms with Crippen LogP contribution in [0.1, 0.15) is 32.3 Å². The molecule has 94 valence electrons. The van der Waals surface area contributed by atoms with Crippen LogP contribution in [0.2, 0.25) is 0 Å². The minimum absolute atomic E-state index is 0.0786. The number of rotatable bonds is 5. The van der Waals surface area contributed by atoms with Crippen LogP contribution < -0.4 is 5.32 Å². The van der Waals surface area contributed by atoms with E-state index in [1.165, 1.54) is 5.56 Å². The summed E-state index contributed by atoms with van der Waals surface area (Å²) in [5.74, 6) is 1.43. The lowest BCUT2D eigenvalue weighted by Gasteiger charge is -2.15. The Morgan fingerprint density at radius 2 is 2.18 bits per heavy atom. The van der Waals surface area contributed by atoms with Crippen molar-refractivity contribution in [3.63, 3.8) is 0 Å². The van der Waals surface area contributed by atoms with E-state index in [-0.39, 0.29) is 5.91 Å². The molecule has 0 aliphatic rings. The van der Waals surface area contributed by atoms with Gasteiger partial charge in [0.2, 0.25) is 5.91 Å². The molecular weight excluding hydrogens is 214 g/mol. The molecule has 1 amide bonds. The van der Waals surface area contributed by atoms with E-state index in [2.05, 4.69) is 30.2 Å². The number of anilines is 1. The van der Waals surface area contributed by atoms with Crippen molar-refractivity contribution in [1.29, 1.82) is 0 Å². The molecule has 0 atom stereocenters. The number of pyridine rings is 1. The highest BCUT2D eigenvalue weighted by Gasteiger charge is 2.02. The molecule has 4 heteroatoms. The van der Waals surface area contributed by atoms with Gasteiger partial charge in [0, 0.05) is 33.3 Å². The molecule has 1 rings (SSSR count). The van der Waals surface area contributed by atoms with Gasteiger partial charge < -0.3 is 10.2 Å².